The fourth-order valence-electron chi connectivity index (χ4n) is 3.07. The molecule has 3 rings (SSSR count). The highest BCUT2D eigenvalue weighted by Crippen LogP contribution is 2.18. The van der Waals surface area contributed by atoms with Gasteiger partial charge in [0.05, 0.1) is 6.54 Å². The second-order valence-corrected chi connectivity index (χ2v) is 6.88. The summed E-state index contributed by atoms with van der Waals surface area (Å²) < 4.78 is 9.60. The van der Waals surface area contributed by atoms with Crippen LogP contribution in [-0.4, -0.2) is 43.6 Å². The van der Waals surface area contributed by atoms with Crippen molar-refractivity contribution in [1.29, 1.82) is 0 Å². The number of hydrogen-bond acceptors (Lipinski definition) is 6. The first-order chi connectivity index (χ1) is 13.2. The summed E-state index contributed by atoms with van der Waals surface area (Å²) in [6.07, 6.45) is -0.881. The highest BCUT2D eigenvalue weighted by molar-refractivity contribution is 5.74. The zero-order valence-electron chi connectivity index (χ0n) is 16.7. The van der Waals surface area contributed by atoms with Crippen LogP contribution in [0.5, 0.6) is 5.75 Å². The fraction of sp³-hybridized carbons (Fsp3) is 0.421. The van der Waals surface area contributed by atoms with Gasteiger partial charge in [-0.25, -0.2) is 4.79 Å². The van der Waals surface area contributed by atoms with Crippen LogP contribution in [0.25, 0.3) is 11.2 Å². The molecule has 3 aromatic rings. The lowest BCUT2D eigenvalue weighted by Crippen LogP contribution is -2.38. The van der Waals surface area contributed by atoms with Crippen molar-refractivity contribution in [1.82, 2.24) is 18.7 Å². The van der Waals surface area contributed by atoms with Gasteiger partial charge in [-0.1, -0.05) is 6.07 Å². The first-order valence-corrected chi connectivity index (χ1v) is 8.96. The minimum atomic E-state index is -0.881. The summed E-state index contributed by atoms with van der Waals surface area (Å²) >= 11 is 0. The van der Waals surface area contributed by atoms with E-state index in [0.717, 1.165) is 15.7 Å². The van der Waals surface area contributed by atoms with Crippen molar-refractivity contribution in [2.24, 2.45) is 14.1 Å². The second kappa shape index (κ2) is 7.51. The predicted octanol–water partition coefficient (Wildman–Crippen LogP) is 0.532. The van der Waals surface area contributed by atoms with E-state index < -0.39 is 17.4 Å². The van der Waals surface area contributed by atoms with E-state index in [1.165, 1.54) is 11.6 Å². The molecule has 0 amide bonds. The Hall–Kier alpha value is -3.07. The molecule has 28 heavy (non-hydrogen) atoms. The zero-order valence-corrected chi connectivity index (χ0v) is 16.7. The summed E-state index contributed by atoms with van der Waals surface area (Å²) in [5, 5.41) is 13.4. The van der Waals surface area contributed by atoms with Gasteiger partial charge in [-0.3, -0.25) is 13.9 Å². The fourth-order valence-corrected chi connectivity index (χ4v) is 3.07. The number of anilines is 1. The third kappa shape index (κ3) is 3.40. The molecule has 2 aromatic heterocycles. The monoisotopic (exact) mass is 387 g/mol. The van der Waals surface area contributed by atoms with Gasteiger partial charge in [0, 0.05) is 21.1 Å². The Morgan fingerprint density at radius 2 is 1.89 bits per heavy atom. The van der Waals surface area contributed by atoms with Crippen LogP contribution < -0.4 is 21.3 Å². The van der Waals surface area contributed by atoms with Gasteiger partial charge in [0.2, 0.25) is 5.95 Å². The van der Waals surface area contributed by atoms with Gasteiger partial charge >= 0.3 is 5.69 Å². The van der Waals surface area contributed by atoms with E-state index in [-0.39, 0.29) is 24.3 Å². The van der Waals surface area contributed by atoms with E-state index in [9.17, 15) is 14.7 Å². The molecule has 0 spiro atoms. The van der Waals surface area contributed by atoms with Gasteiger partial charge in [-0.15, -0.1) is 0 Å². The first-order valence-electron chi connectivity index (χ1n) is 8.96. The summed E-state index contributed by atoms with van der Waals surface area (Å²) in [5.74, 6) is 1.06. The molecule has 150 valence electrons. The summed E-state index contributed by atoms with van der Waals surface area (Å²) in [5.41, 5.74) is 1.86. The number of fused-ring (bicyclic) bond motifs is 1. The molecule has 0 saturated heterocycles. The molecule has 0 bridgehead atoms. The lowest BCUT2D eigenvalue weighted by Gasteiger charge is -2.16. The van der Waals surface area contributed by atoms with E-state index in [4.69, 9.17) is 4.74 Å². The molecular formula is C19H25N5O4. The highest BCUT2D eigenvalue weighted by Gasteiger charge is 2.20. The van der Waals surface area contributed by atoms with E-state index in [1.54, 1.807) is 18.7 Å². The van der Waals surface area contributed by atoms with Crippen LogP contribution in [0.2, 0.25) is 0 Å². The summed E-state index contributed by atoms with van der Waals surface area (Å²) in [7, 11) is 4.64. The Morgan fingerprint density at radius 3 is 2.54 bits per heavy atom. The summed E-state index contributed by atoms with van der Waals surface area (Å²) in [6.45, 7) is 4.16. The number of rotatable bonds is 6. The minimum Gasteiger partial charge on any atom is -0.491 e. The lowest BCUT2D eigenvalue weighted by atomic mass is 10.1. The molecule has 0 fully saturated rings. The van der Waals surface area contributed by atoms with Gasteiger partial charge in [-0.05, 0) is 37.1 Å². The molecule has 9 heteroatoms. The van der Waals surface area contributed by atoms with E-state index in [0.29, 0.717) is 11.7 Å². The summed E-state index contributed by atoms with van der Waals surface area (Å²) in [4.78, 5) is 29.1. The molecular weight excluding hydrogens is 362 g/mol. The Balaban J connectivity index is 1.89. The maximum absolute atomic E-state index is 12.6. The van der Waals surface area contributed by atoms with Crippen molar-refractivity contribution in [2.45, 2.75) is 26.5 Å². The first kappa shape index (κ1) is 19.7. The number of ether oxygens (including phenoxy) is 1. The third-order valence-electron chi connectivity index (χ3n) is 4.89. The van der Waals surface area contributed by atoms with Crippen LogP contribution in [0.1, 0.15) is 11.1 Å². The van der Waals surface area contributed by atoms with Crippen LogP contribution in [0, 0.1) is 13.8 Å². The van der Waals surface area contributed by atoms with Crippen LogP contribution >= 0.6 is 0 Å². The number of nitrogens with zero attached hydrogens (tertiary/aromatic N) is 4. The number of aryl methyl sites for hydroxylation is 3. The normalized spacial score (nSPS) is 12.4. The molecule has 2 N–H and O–H groups in total. The number of aliphatic hydroxyl groups is 1. The molecule has 0 radical (unpaired) electrons. The molecule has 1 atom stereocenters. The molecule has 0 aliphatic heterocycles. The standard InChI is InChI=1S/C19H25N5O4/c1-11-6-7-14(8-12(11)2)28-10-13(25)9-24-15-16(21-18(24)20-3)22(4)19(27)23(5)17(15)26/h6-8,13,25H,9-10H2,1-5H3,(H,20,21). The second-order valence-electron chi connectivity index (χ2n) is 6.88. The van der Waals surface area contributed by atoms with Crippen molar-refractivity contribution in [3.63, 3.8) is 0 Å². The van der Waals surface area contributed by atoms with Crippen LogP contribution in [0.4, 0.5) is 5.95 Å². The Labute approximate surface area is 161 Å². The molecule has 1 aromatic carbocycles. The van der Waals surface area contributed by atoms with Gasteiger partial charge in [0.1, 0.15) is 18.5 Å². The maximum Gasteiger partial charge on any atom is 0.332 e. The number of benzene rings is 1. The molecule has 0 saturated carbocycles. The Morgan fingerprint density at radius 1 is 1.18 bits per heavy atom. The number of aliphatic hydroxyl groups excluding tert-OH is 1. The smallest absolute Gasteiger partial charge is 0.332 e. The van der Waals surface area contributed by atoms with E-state index in [1.807, 2.05) is 32.0 Å². The van der Waals surface area contributed by atoms with Crippen molar-refractivity contribution in [2.75, 3.05) is 19.0 Å². The topological polar surface area (TPSA) is 103 Å². The molecule has 1 unspecified atom stereocenters. The SMILES string of the molecule is CNc1nc2c(c(=O)n(C)c(=O)n2C)n1CC(O)COc1ccc(C)c(C)c1. The largest absolute Gasteiger partial charge is 0.491 e. The van der Waals surface area contributed by atoms with Crippen molar-refractivity contribution in [3.05, 3.63) is 50.2 Å². The van der Waals surface area contributed by atoms with Gasteiger partial charge in [0.25, 0.3) is 5.56 Å². The van der Waals surface area contributed by atoms with Gasteiger partial charge < -0.3 is 19.7 Å². The average molecular weight is 387 g/mol. The average Bonchev–Trinajstić information content (AvgIpc) is 3.04. The lowest BCUT2D eigenvalue weighted by molar-refractivity contribution is 0.0938. The summed E-state index contributed by atoms with van der Waals surface area (Å²) in [6, 6.07) is 5.73. The quantitative estimate of drug-likeness (QED) is 0.640. The number of imidazole rings is 1. The zero-order chi connectivity index (χ0) is 20.6. The van der Waals surface area contributed by atoms with Crippen LogP contribution in [0.3, 0.4) is 0 Å². The highest BCUT2D eigenvalue weighted by atomic mass is 16.5. The van der Waals surface area contributed by atoms with Crippen LogP contribution in [-0.2, 0) is 20.6 Å². The molecule has 0 aliphatic rings. The molecule has 0 aliphatic carbocycles. The Bertz CT molecular complexity index is 1140. The van der Waals surface area contributed by atoms with Crippen molar-refractivity contribution < 1.29 is 9.84 Å². The Kier molecular flexibility index (Phi) is 5.28. The van der Waals surface area contributed by atoms with E-state index >= 15 is 0 Å². The third-order valence-corrected chi connectivity index (χ3v) is 4.89. The van der Waals surface area contributed by atoms with Crippen LogP contribution in [0.15, 0.2) is 27.8 Å². The minimum absolute atomic E-state index is 0.0530. The maximum atomic E-state index is 12.6. The van der Waals surface area contributed by atoms with Crippen molar-refractivity contribution >= 4 is 17.1 Å². The van der Waals surface area contributed by atoms with E-state index in [2.05, 4.69) is 10.3 Å². The predicted molar refractivity (Wildman–Crippen MR) is 107 cm³/mol. The van der Waals surface area contributed by atoms with Gasteiger partial charge in [-0.2, -0.15) is 4.98 Å². The molecule has 2 heterocycles. The molecule has 9 nitrogen and oxygen atoms in total. The number of aromatic nitrogens is 4. The van der Waals surface area contributed by atoms with Crippen molar-refractivity contribution in [3.8, 4) is 5.75 Å². The number of hydrogen-bond donors (Lipinski definition) is 2. The number of nitrogens with one attached hydrogen (secondary N) is 1. The van der Waals surface area contributed by atoms with Gasteiger partial charge in [0.15, 0.2) is 11.2 Å².